The Morgan fingerprint density at radius 3 is 2.58 bits per heavy atom. The summed E-state index contributed by atoms with van der Waals surface area (Å²) in [5.74, 6) is 0.942. The van der Waals surface area contributed by atoms with Crippen molar-refractivity contribution in [3.8, 4) is 11.3 Å². The molecule has 2 aromatic rings. The van der Waals surface area contributed by atoms with Gasteiger partial charge in [-0.3, -0.25) is 5.10 Å². The number of aromatic amines is 1. The number of halogens is 1. The molecule has 1 saturated carbocycles. The van der Waals surface area contributed by atoms with E-state index in [-0.39, 0.29) is 0 Å². The molecule has 2 N–H and O–H groups in total. The third kappa shape index (κ3) is 3.10. The molecule has 0 unspecified atom stereocenters. The number of anilines is 1. The van der Waals surface area contributed by atoms with Gasteiger partial charge in [0.05, 0.1) is 5.69 Å². The number of benzene rings is 1. The van der Waals surface area contributed by atoms with E-state index < -0.39 is 0 Å². The van der Waals surface area contributed by atoms with Crippen LogP contribution in [-0.4, -0.2) is 16.2 Å². The minimum Gasteiger partial charge on any atom is -0.366 e. The van der Waals surface area contributed by atoms with Crippen molar-refractivity contribution in [1.29, 1.82) is 0 Å². The van der Waals surface area contributed by atoms with E-state index in [4.69, 9.17) is 11.6 Å². The average Bonchev–Trinajstić information content (AvgIpc) is 2.89. The zero-order valence-corrected chi connectivity index (χ0v) is 11.6. The first-order valence-electron chi connectivity index (χ1n) is 6.89. The fourth-order valence-corrected chi connectivity index (χ4v) is 2.76. The van der Waals surface area contributed by atoms with Gasteiger partial charge in [-0.2, -0.15) is 5.10 Å². The molecule has 0 bridgehead atoms. The summed E-state index contributed by atoms with van der Waals surface area (Å²) in [6.45, 7) is 0. The summed E-state index contributed by atoms with van der Waals surface area (Å²) in [6, 6.07) is 10.4. The van der Waals surface area contributed by atoms with Crippen LogP contribution in [-0.2, 0) is 0 Å². The molecule has 0 spiro atoms. The van der Waals surface area contributed by atoms with Crippen molar-refractivity contribution < 1.29 is 0 Å². The summed E-state index contributed by atoms with van der Waals surface area (Å²) >= 11 is 5.89. The lowest BCUT2D eigenvalue weighted by atomic mass is 9.95. The van der Waals surface area contributed by atoms with Crippen LogP contribution in [0.25, 0.3) is 11.3 Å². The third-order valence-corrected chi connectivity index (χ3v) is 3.94. The molecule has 1 fully saturated rings. The van der Waals surface area contributed by atoms with E-state index >= 15 is 0 Å². The normalized spacial score (nSPS) is 16.5. The Morgan fingerprint density at radius 2 is 1.84 bits per heavy atom. The standard InChI is InChI=1S/C15H18ClN3/c16-12-8-6-11(7-9-12)14-10-15(19-18-14)17-13-4-2-1-3-5-13/h6-10,13H,1-5H2,(H2,17,18,19). The molecule has 0 saturated heterocycles. The molecule has 100 valence electrons. The van der Waals surface area contributed by atoms with Crippen LogP contribution in [0.15, 0.2) is 30.3 Å². The fraction of sp³-hybridized carbons (Fsp3) is 0.400. The Hall–Kier alpha value is -1.48. The summed E-state index contributed by atoms with van der Waals surface area (Å²) in [7, 11) is 0. The Morgan fingerprint density at radius 1 is 1.11 bits per heavy atom. The smallest absolute Gasteiger partial charge is 0.148 e. The first-order valence-corrected chi connectivity index (χ1v) is 7.27. The second kappa shape index (κ2) is 5.66. The predicted octanol–water partition coefficient (Wildman–Crippen LogP) is 4.47. The van der Waals surface area contributed by atoms with Crippen LogP contribution >= 0.6 is 11.6 Å². The Bertz CT molecular complexity index is 527. The second-order valence-electron chi connectivity index (χ2n) is 5.15. The Kier molecular flexibility index (Phi) is 3.74. The molecule has 3 nitrogen and oxygen atoms in total. The number of aromatic nitrogens is 2. The topological polar surface area (TPSA) is 40.7 Å². The van der Waals surface area contributed by atoms with Gasteiger partial charge in [0, 0.05) is 17.1 Å². The number of nitrogens with one attached hydrogen (secondary N) is 2. The molecular formula is C15H18ClN3. The summed E-state index contributed by atoms with van der Waals surface area (Å²) in [6.07, 6.45) is 6.53. The number of nitrogens with zero attached hydrogens (tertiary/aromatic N) is 1. The lowest BCUT2D eigenvalue weighted by Crippen LogP contribution is -2.22. The van der Waals surface area contributed by atoms with Crippen LogP contribution in [0, 0.1) is 0 Å². The van der Waals surface area contributed by atoms with Crippen molar-refractivity contribution in [1.82, 2.24) is 10.2 Å². The largest absolute Gasteiger partial charge is 0.366 e. The highest BCUT2D eigenvalue weighted by atomic mass is 35.5. The van der Waals surface area contributed by atoms with E-state index in [9.17, 15) is 0 Å². The van der Waals surface area contributed by atoms with Gasteiger partial charge in [-0.1, -0.05) is 43.0 Å². The van der Waals surface area contributed by atoms with Crippen LogP contribution < -0.4 is 5.32 Å². The summed E-state index contributed by atoms with van der Waals surface area (Å²) in [5.41, 5.74) is 2.13. The maximum absolute atomic E-state index is 5.89. The van der Waals surface area contributed by atoms with Crippen molar-refractivity contribution in [3.63, 3.8) is 0 Å². The SMILES string of the molecule is Clc1ccc(-c2cc(NC3CCCCC3)n[nH]2)cc1. The zero-order valence-electron chi connectivity index (χ0n) is 10.8. The third-order valence-electron chi connectivity index (χ3n) is 3.69. The molecule has 4 heteroatoms. The quantitative estimate of drug-likeness (QED) is 0.867. The molecule has 0 aliphatic heterocycles. The molecule has 1 aliphatic rings. The monoisotopic (exact) mass is 275 g/mol. The van der Waals surface area contributed by atoms with E-state index in [0.717, 1.165) is 22.1 Å². The van der Waals surface area contributed by atoms with Gasteiger partial charge in [-0.25, -0.2) is 0 Å². The maximum Gasteiger partial charge on any atom is 0.148 e. The van der Waals surface area contributed by atoms with Crippen molar-refractivity contribution in [3.05, 3.63) is 35.4 Å². The van der Waals surface area contributed by atoms with Crippen molar-refractivity contribution in [2.45, 2.75) is 38.1 Å². The van der Waals surface area contributed by atoms with Gasteiger partial charge < -0.3 is 5.32 Å². The van der Waals surface area contributed by atoms with Gasteiger partial charge in [0.1, 0.15) is 5.82 Å². The number of hydrogen-bond acceptors (Lipinski definition) is 2. The Balaban J connectivity index is 1.70. The van der Waals surface area contributed by atoms with Crippen LogP contribution in [0.5, 0.6) is 0 Å². The van der Waals surface area contributed by atoms with Gasteiger partial charge in [0.2, 0.25) is 0 Å². The molecule has 0 atom stereocenters. The van der Waals surface area contributed by atoms with Gasteiger partial charge in [0.25, 0.3) is 0 Å². The van der Waals surface area contributed by atoms with Gasteiger partial charge in [-0.05, 0) is 30.5 Å². The lowest BCUT2D eigenvalue weighted by Gasteiger charge is -2.22. The number of rotatable bonds is 3. The fourth-order valence-electron chi connectivity index (χ4n) is 2.63. The number of H-pyrrole nitrogens is 1. The highest BCUT2D eigenvalue weighted by Gasteiger charge is 2.14. The summed E-state index contributed by atoms with van der Waals surface area (Å²) in [5, 5.41) is 11.7. The maximum atomic E-state index is 5.89. The average molecular weight is 276 g/mol. The molecule has 19 heavy (non-hydrogen) atoms. The van der Waals surface area contributed by atoms with Gasteiger partial charge >= 0.3 is 0 Å². The first-order chi connectivity index (χ1) is 9.31. The Labute approximate surface area is 118 Å². The lowest BCUT2D eigenvalue weighted by molar-refractivity contribution is 0.462. The summed E-state index contributed by atoms with van der Waals surface area (Å²) < 4.78 is 0. The van der Waals surface area contributed by atoms with Crippen LogP contribution in [0.3, 0.4) is 0 Å². The van der Waals surface area contributed by atoms with Gasteiger partial charge in [0.15, 0.2) is 0 Å². The molecule has 1 aromatic carbocycles. The van der Waals surface area contributed by atoms with E-state index in [2.05, 4.69) is 21.6 Å². The van der Waals surface area contributed by atoms with Crippen molar-refractivity contribution >= 4 is 17.4 Å². The highest BCUT2D eigenvalue weighted by Crippen LogP contribution is 2.24. The minimum absolute atomic E-state index is 0.579. The molecule has 1 aromatic heterocycles. The van der Waals surface area contributed by atoms with Crippen LogP contribution in [0.1, 0.15) is 32.1 Å². The summed E-state index contributed by atoms with van der Waals surface area (Å²) in [4.78, 5) is 0. The molecule has 3 rings (SSSR count). The van der Waals surface area contributed by atoms with Gasteiger partial charge in [-0.15, -0.1) is 0 Å². The van der Waals surface area contributed by atoms with Crippen LogP contribution in [0.2, 0.25) is 5.02 Å². The highest BCUT2D eigenvalue weighted by molar-refractivity contribution is 6.30. The zero-order chi connectivity index (χ0) is 13.1. The molecule has 1 heterocycles. The molecule has 1 aliphatic carbocycles. The van der Waals surface area contributed by atoms with Crippen molar-refractivity contribution in [2.24, 2.45) is 0 Å². The van der Waals surface area contributed by atoms with E-state index in [1.165, 1.54) is 32.1 Å². The molecule has 0 radical (unpaired) electrons. The second-order valence-corrected chi connectivity index (χ2v) is 5.59. The predicted molar refractivity (Wildman–Crippen MR) is 79.5 cm³/mol. The first kappa shape index (κ1) is 12.5. The van der Waals surface area contributed by atoms with E-state index in [1.807, 2.05) is 24.3 Å². The van der Waals surface area contributed by atoms with E-state index in [1.54, 1.807) is 0 Å². The molecular weight excluding hydrogens is 258 g/mol. The number of hydrogen-bond donors (Lipinski definition) is 2. The van der Waals surface area contributed by atoms with Crippen LogP contribution in [0.4, 0.5) is 5.82 Å². The molecule has 0 amide bonds. The minimum atomic E-state index is 0.579. The van der Waals surface area contributed by atoms with E-state index in [0.29, 0.717) is 6.04 Å². The van der Waals surface area contributed by atoms with Crippen molar-refractivity contribution in [2.75, 3.05) is 5.32 Å².